The van der Waals surface area contributed by atoms with Gasteiger partial charge in [0.05, 0.1) is 6.61 Å². The Morgan fingerprint density at radius 3 is 3.00 bits per heavy atom. The highest BCUT2D eigenvalue weighted by atomic mass is 32.5. The van der Waals surface area contributed by atoms with Crippen LogP contribution < -0.4 is 0 Å². The van der Waals surface area contributed by atoms with Crippen molar-refractivity contribution >= 4 is 18.3 Å². The summed E-state index contributed by atoms with van der Waals surface area (Å²) in [5, 5.41) is 0. The first-order valence-electron chi connectivity index (χ1n) is 2.68. The fourth-order valence-electron chi connectivity index (χ4n) is 0.609. The Labute approximate surface area is 65.4 Å². The third-order valence-electron chi connectivity index (χ3n) is 1.15. The summed E-state index contributed by atoms with van der Waals surface area (Å²) in [5.74, 6) is 4.21. The quantitative estimate of drug-likeness (QED) is 0.443. The van der Waals surface area contributed by atoms with Gasteiger partial charge < -0.3 is 9.05 Å². The molecule has 0 amide bonds. The van der Waals surface area contributed by atoms with E-state index in [4.69, 9.17) is 27.3 Å². The van der Waals surface area contributed by atoms with E-state index >= 15 is 0 Å². The largest absolute Gasteiger partial charge is 0.330 e. The molecule has 0 aromatic heterocycles. The van der Waals surface area contributed by atoms with Crippen LogP contribution in [-0.4, -0.2) is 13.7 Å². The van der Waals surface area contributed by atoms with Gasteiger partial charge in [-0.3, -0.25) is 0 Å². The molecule has 1 heterocycles. The first-order chi connectivity index (χ1) is 4.70. The minimum Gasteiger partial charge on any atom is -0.330 e. The standard InChI is InChI=1S/C6H7O2PS/c1-3-6-4-8-9(10,5-6)7-2/h1,5H,4H2,2H3. The average Bonchev–Trinajstić information content (AvgIpc) is 2.33. The molecule has 1 unspecified atom stereocenters. The molecule has 0 aromatic carbocycles. The molecule has 1 atom stereocenters. The Balaban J connectivity index is 2.84. The monoisotopic (exact) mass is 174 g/mol. The van der Waals surface area contributed by atoms with Gasteiger partial charge in [-0.2, -0.15) is 0 Å². The van der Waals surface area contributed by atoms with E-state index in [0.29, 0.717) is 6.61 Å². The van der Waals surface area contributed by atoms with Crippen LogP contribution in [0, 0.1) is 12.3 Å². The van der Waals surface area contributed by atoms with Gasteiger partial charge in [0.1, 0.15) is 0 Å². The van der Waals surface area contributed by atoms with Crippen LogP contribution in [0.1, 0.15) is 0 Å². The van der Waals surface area contributed by atoms with E-state index in [1.54, 1.807) is 5.82 Å². The van der Waals surface area contributed by atoms with Crippen LogP contribution in [0.2, 0.25) is 0 Å². The molecule has 0 saturated carbocycles. The molecule has 4 heteroatoms. The maximum atomic E-state index is 5.16. The molecule has 10 heavy (non-hydrogen) atoms. The van der Waals surface area contributed by atoms with Crippen LogP contribution in [0.15, 0.2) is 11.4 Å². The lowest BCUT2D eigenvalue weighted by Crippen LogP contribution is -1.83. The predicted molar refractivity (Wildman–Crippen MR) is 44.2 cm³/mol. The van der Waals surface area contributed by atoms with E-state index in [9.17, 15) is 0 Å². The highest BCUT2D eigenvalue weighted by molar-refractivity contribution is 8.11. The van der Waals surface area contributed by atoms with Crippen LogP contribution in [0.4, 0.5) is 0 Å². The number of rotatable bonds is 1. The Morgan fingerprint density at radius 1 is 2.00 bits per heavy atom. The zero-order valence-electron chi connectivity index (χ0n) is 5.53. The van der Waals surface area contributed by atoms with Crippen molar-refractivity contribution in [3.8, 4) is 12.3 Å². The lowest BCUT2D eigenvalue weighted by Gasteiger charge is -2.07. The van der Waals surface area contributed by atoms with Gasteiger partial charge in [0.15, 0.2) is 0 Å². The van der Waals surface area contributed by atoms with Crippen molar-refractivity contribution in [2.75, 3.05) is 13.7 Å². The summed E-state index contributed by atoms with van der Waals surface area (Å²) >= 11 is 5.01. The number of terminal acetylenes is 1. The second-order valence-corrected chi connectivity index (χ2v) is 5.28. The highest BCUT2D eigenvalue weighted by Gasteiger charge is 2.21. The molecule has 0 aliphatic carbocycles. The van der Waals surface area contributed by atoms with Gasteiger partial charge in [-0.1, -0.05) is 5.92 Å². The lowest BCUT2D eigenvalue weighted by atomic mass is 10.3. The van der Waals surface area contributed by atoms with Crippen LogP contribution >= 0.6 is 6.49 Å². The van der Waals surface area contributed by atoms with Crippen molar-refractivity contribution in [3.05, 3.63) is 11.4 Å². The van der Waals surface area contributed by atoms with Gasteiger partial charge in [-0.05, 0) is 11.8 Å². The first kappa shape index (κ1) is 7.97. The lowest BCUT2D eigenvalue weighted by molar-refractivity contribution is 0.324. The van der Waals surface area contributed by atoms with E-state index < -0.39 is 6.49 Å². The van der Waals surface area contributed by atoms with Crippen molar-refractivity contribution in [2.45, 2.75) is 0 Å². The number of hydrogen-bond acceptors (Lipinski definition) is 3. The van der Waals surface area contributed by atoms with E-state index in [1.807, 2.05) is 0 Å². The van der Waals surface area contributed by atoms with Gasteiger partial charge in [0.25, 0.3) is 0 Å². The Bertz CT molecular complexity index is 251. The van der Waals surface area contributed by atoms with Gasteiger partial charge in [0.2, 0.25) is 6.49 Å². The number of hydrogen-bond donors (Lipinski definition) is 0. The van der Waals surface area contributed by atoms with Crippen molar-refractivity contribution < 1.29 is 9.05 Å². The third kappa shape index (κ3) is 1.47. The normalized spacial score (nSPS) is 31.4. The van der Waals surface area contributed by atoms with E-state index in [1.165, 1.54) is 7.11 Å². The summed E-state index contributed by atoms with van der Waals surface area (Å²) in [6, 6.07) is 0. The molecule has 2 nitrogen and oxygen atoms in total. The van der Waals surface area contributed by atoms with E-state index in [0.717, 1.165) is 5.57 Å². The average molecular weight is 174 g/mol. The molecular formula is C6H7O2PS. The molecule has 54 valence electrons. The Morgan fingerprint density at radius 2 is 2.70 bits per heavy atom. The van der Waals surface area contributed by atoms with Gasteiger partial charge in [-0.15, -0.1) is 6.42 Å². The third-order valence-corrected chi connectivity index (χ3v) is 3.86. The smallest absolute Gasteiger partial charge is 0.213 e. The minimum atomic E-state index is -2.09. The first-order valence-corrected chi connectivity index (χ1v) is 5.39. The molecule has 0 bridgehead atoms. The zero-order chi connectivity index (χ0) is 7.61. The highest BCUT2D eigenvalue weighted by Crippen LogP contribution is 2.54. The Hall–Kier alpha value is -0.130. The summed E-state index contributed by atoms with van der Waals surface area (Å²) in [6.45, 7) is -1.66. The summed E-state index contributed by atoms with van der Waals surface area (Å²) in [4.78, 5) is 0. The SMILES string of the molecule is C#CC1=CP(=S)(OC)OC1. The van der Waals surface area contributed by atoms with Crippen molar-refractivity contribution in [2.24, 2.45) is 0 Å². The maximum absolute atomic E-state index is 5.16. The molecular weight excluding hydrogens is 167 g/mol. The molecule has 0 radical (unpaired) electrons. The molecule has 0 saturated heterocycles. The van der Waals surface area contributed by atoms with Gasteiger partial charge in [0, 0.05) is 18.5 Å². The second kappa shape index (κ2) is 2.86. The van der Waals surface area contributed by atoms with Crippen LogP contribution in [0.5, 0.6) is 0 Å². The van der Waals surface area contributed by atoms with Crippen molar-refractivity contribution in [1.82, 2.24) is 0 Å². The maximum Gasteiger partial charge on any atom is 0.213 e. The zero-order valence-corrected chi connectivity index (χ0v) is 7.24. The molecule has 1 aliphatic rings. The summed E-state index contributed by atoms with van der Waals surface area (Å²) in [7, 11) is 1.54. The molecule has 1 rings (SSSR count). The topological polar surface area (TPSA) is 18.5 Å². The molecule has 1 aliphatic heterocycles. The van der Waals surface area contributed by atoms with E-state index in [-0.39, 0.29) is 0 Å². The Kier molecular flexibility index (Phi) is 2.28. The summed E-state index contributed by atoms with van der Waals surface area (Å²) in [6.07, 6.45) is 5.13. The molecule has 0 fully saturated rings. The predicted octanol–water partition coefficient (Wildman–Crippen LogP) is 1.49. The van der Waals surface area contributed by atoms with Gasteiger partial charge in [-0.25, -0.2) is 0 Å². The van der Waals surface area contributed by atoms with Crippen molar-refractivity contribution in [1.29, 1.82) is 0 Å². The second-order valence-electron chi connectivity index (χ2n) is 1.79. The molecule has 0 aromatic rings. The fourth-order valence-corrected chi connectivity index (χ4v) is 2.28. The van der Waals surface area contributed by atoms with E-state index in [2.05, 4.69) is 5.92 Å². The molecule has 0 N–H and O–H groups in total. The van der Waals surface area contributed by atoms with Crippen molar-refractivity contribution in [3.63, 3.8) is 0 Å². The van der Waals surface area contributed by atoms with Gasteiger partial charge >= 0.3 is 0 Å². The fraction of sp³-hybridized carbons (Fsp3) is 0.333. The summed E-state index contributed by atoms with van der Waals surface area (Å²) < 4.78 is 10.1. The van der Waals surface area contributed by atoms with Crippen LogP contribution in [0.3, 0.4) is 0 Å². The summed E-state index contributed by atoms with van der Waals surface area (Å²) in [5.41, 5.74) is 0.796. The minimum absolute atomic E-state index is 0.432. The van der Waals surface area contributed by atoms with Crippen LogP contribution in [-0.2, 0) is 20.9 Å². The van der Waals surface area contributed by atoms with Crippen LogP contribution in [0.25, 0.3) is 0 Å². The molecule has 0 spiro atoms.